The van der Waals surface area contributed by atoms with Gasteiger partial charge in [0.2, 0.25) is 0 Å². The van der Waals surface area contributed by atoms with E-state index < -0.39 is 0 Å². The maximum absolute atomic E-state index is 5.03. The van der Waals surface area contributed by atoms with Gasteiger partial charge in [-0.1, -0.05) is 97.1 Å². The molecule has 0 fully saturated rings. The molecule has 5 nitrogen and oxygen atoms in total. The highest BCUT2D eigenvalue weighted by Crippen LogP contribution is 2.31. The van der Waals surface area contributed by atoms with E-state index in [2.05, 4.69) is 91.0 Å². The summed E-state index contributed by atoms with van der Waals surface area (Å²) in [6.07, 6.45) is 0. The molecule has 0 amide bonds. The maximum atomic E-state index is 5.03. The number of hydrogen-bond donors (Lipinski definition) is 0. The number of rotatable bonds is 3. The van der Waals surface area contributed by atoms with Crippen LogP contribution in [0.15, 0.2) is 127 Å². The molecule has 0 spiro atoms. The van der Waals surface area contributed by atoms with Gasteiger partial charge in [0.15, 0.2) is 5.82 Å². The van der Waals surface area contributed by atoms with Crippen molar-refractivity contribution in [3.8, 4) is 33.9 Å². The Kier molecular flexibility index (Phi) is 4.45. The van der Waals surface area contributed by atoms with E-state index in [0.29, 0.717) is 0 Å². The van der Waals surface area contributed by atoms with Crippen molar-refractivity contribution in [2.24, 2.45) is 0 Å². The molecule has 0 bridgehead atoms. The summed E-state index contributed by atoms with van der Waals surface area (Å²) in [6.45, 7) is 0. The standard InChI is InChI=1S/C33H21N5/c1-2-8-22(9-3-1)30-21-32-27-11-5-6-12-28(27)34-33(38(32)36-30)25-16-14-23(15-17-25)29-20-26-19-18-24-10-4-7-13-31(24)37(26)35-29/h1-21H. The summed E-state index contributed by atoms with van der Waals surface area (Å²) in [7, 11) is 0. The largest absolute Gasteiger partial charge is 0.232 e. The van der Waals surface area contributed by atoms with Crippen molar-refractivity contribution in [3.05, 3.63) is 127 Å². The second kappa shape index (κ2) is 8.11. The topological polar surface area (TPSA) is 47.5 Å². The predicted octanol–water partition coefficient (Wildman–Crippen LogP) is 7.68. The van der Waals surface area contributed by atoms with Crippen LogP contribution in [0.2, 0.25) is 0 Å². The zero-order valence-electron chi connectivity index (χ0n) is 20.4. The molecule has 0 aliphatic carbocycles. The van der Waals surface area contributed by atoms with E-state index in [-0.39, 0.29) is 0 Å². The van der Waals surface area contributed by atoms with Crippen LogP contribution in [0.5, 0.6) is 0 Å². The Morgan fingerprint density at radius 3 is 2.05 bits per heavy atom. The molecule has 5 heteroatoms. The lowest BCUT2D eigenvalue weighted by molar-refractivity contribution is 0.949. The summed E-state index contributed by atoms with van der Waals surface area (Å²) in [5.74, 6) is 0.813. The lowest BCUT2D eigenvalue weighted by Gasteiger charge is -2.08. The third-order valence-corrected chi connectivity index (χ3v) is 7.16. The van der Waals surface area contributed by atoms with Gasteiger partial charge in [0.25, 0.3) is 0 Å². The van der Waals surface area contributed by atoms with Crippen LogP contribution in [-0.4, -0.2) is 24.2 Å². The average Bonchev–Trinajstić information content (AvgIpc) is 3.63. The van der Waals surface area contributed by atoms with Gasteiger partial charge in [0.1, 0.15) is 0 Å². The monoisotopic (exact) mass is 487 g/mol. The number of nitrogens with zero attached hydrogens (tertiary/aromatic N) is 5. The fourth-order valence-electron chi connectivity index (χ4n) is 5.26. The molecule has 4 aromatic heterocycles. The summed E-state index contributed by atoms with van der Waals surface area (Å²) in [4.78, 5) is 5.03. The van der Waals surface area contributed by atoms with E-state index in [4.69, 9.17) is 15.2 Å². The number of pyridine rings is 1. The molecule has 4 heterocycles. The van der Waals surface area contributed by atoms with Crippen LogP contribution < -0.4 is 0 Å². The van der Waals surface area contributed by atoms with Gasteiger partial charge in [0.05, 0.1) is 33.5 Å². The minimum Gasteiger partial charge on any atom is -0.232 e. The first-order valence-corrected chi connectivity index (χ1v) is 12.6. The zero-order valence-corrected chi connectivity index (χ0v) is 20.4. The molecule has 8 aromatic rings. The van der Waals surface area contributed by atoms with E-state index in [9.17, 15) is 0 Å². The Morgan fingerprint density at radius 1 is 0.474 bits per heavy atom. The molecule has 0 unspecified atom stereocenters. The fraction of sp³-hybridized carbons (Fsp3) is 0. The molecule has 0 radical (unpaired) electrons. The van der Waals surface area contributed by atoms with Crippen molar-refractivity contribution in [2.45, 2.75) is 0 Å². The normalized spacial score (nSPS) is 11.7. The number of para-hydroxylation sites is 2. The molecule has 0 N–H and O–H groups in total. The number of fused-ring (bicyclic) bond motifs is 6. The Morgan fingerprint density at radius 2 is 1.16 bits per heavy atom. The highest BCUT2D eigenvalue weighted by molar-refractivity contribution is 5.96. The van der Waals surface area contributed by atoms with Gasteiger partial charge >= 0.3 is 0 Å². The summed E-state index contributed by atoms with van der Waals surface area (Å²) in [5, 5.41) is 12.2. The van der Waals surface area contributed by atoms with Crippen molar-refractivity contribution in [1.82, 2.24) is 24.2 Å². The van der Waals surface area contributed by atoms with E-state index >= 15 is 0 Å². The van der Waals surface area contributed by atoms with Gasteiger partial charge in [-0.25, -0.2) is 14.0 Å². The molecular weight excluding hydrogens is 466 g/mol. The molecule has 4 aromatic carbocycles. The Balaban J connectivity index is 1.26. The Hall–Kier alpha value is -5.29. The minimum absolute atomic E-state index is 0.813. The Labute approximate surface area is 218 Å². The van der Waals surface area contributed by atoms with Gasteiger partial charge in [0, 0.05) is 27.5 Å². The molecule has 0 saturated carbocycles. The van der Waals surface area contributed by atoms with Crippen LogP contribution in [0.25, 0.3) is 66.7 Å². The van der Waals surface area contributed by atoms with Crippen molar-refractivity contribution < 1.29 is 0 Å². The number of hydrogen-bond acceptors (Lipinski definition) is 3. The third kappa shape index (κ3) is 3.22. The first kappa shape index (κ1) is 20.9. The zero-order chi connectivity index (χ0) is 25.1. The maximum Gasteiger partial charge on any atom is 0.161 e. The second-order valence-corrected chi connectivity index (χ2v) is 9.48. The first-order chi connectivity index (χ1) is 18.8. The molecule has 0 aliphatic rings. The smallest absolute Gasteiger partial charge is 0.161 e. The second-order valence-electron chi connectivity index (χ2n) is 9.48. The number of aromatic nitrogens is 5. The molecule has 0 saturated heterocycles. The van der Waals surface area contributed by atoms with Crippen LogP contribution >= 0.6 is 0 Å². The molecular formula is C33H21N5. The van der Waals surface area contributed by atoms with Gasteiger partial charge < -0.3 is 0 Å². The van der Waals surface area contributed by atoms with Crippen LogP contribution in [0.1, 0.15) is 0 Å². The molecule has 0 atom stereocenters. The van der Waals surface area contributed by atoms with Crippen LogP contribution in [0.4, 0.5) is 0 Å². The highest BCUT2D eigenvalue weighted by Gasteiger charge is 2.15. The van der Waals surface area contributed by atoms with Gasteiger partial charge in [-0.3, -0.25) is 0 Å². The van der Waals surface area contributed by atoms with E-state index in [1.165, 1.54) is 5.39 Å². The highest BCUT2D eigenvalue weighted by atomic mass is 15.3. The van der Waals surface area contributed by atoms with E-state index in [0.717, 1.165) is 61.4 Å². The summed E-state index contributed by atoms with van der Waals surface area (Å²) in [6, 6.07) is 43.8. The van der Waals surface area contributed by atoms with Gasteiger partial charge in [-0.05, 0) is 30.3 Å². The predicted molar refractivity (Wildman–Crippen MR) is 153 cm³/mol. The molecule has 38 heavy (non-hydrogen) atoms. The van der Waals surface area contributed by atoms with Crippen molar-refractivity contribution in [3.63, 3.8) is 0 Å². The minimum atomic E-state index is 0.813. The van der Waals surface area contributed by atoms with Crippen LogP contribution in [0, 0.1) is 0 Å². The molecule has 0 aliphatic heterocycles. The van der Waals surface area contributed by atoms with E-state index in [1.54, 1.807) is 0 Å². The Bertz CT molecular complexity index is 2120. The lowest BCUT2D eigenvalue weighted by Crippen LogP contribution is -1.99. The quantitative estimate of drug-likeness (QED) is 0.257. The van der Waals surface area contributed by atoms with Gasteiger partial charge in [-0.15, -0.1) is 0 Å². The fourth-order valence-corrected chi connectivity index (χ4v) is 5.26. The van der Waals surface area contributed by atoms with Gasteiger partial charge in [-0.2, -0.15) is 10.2 Å². The van der Waals surface area contributed by atoms with Crippen LogP contribution in [0.3, 0.4) is 0 Å². The van der Waals surface area contributed by atoms with Crippen molar-refractivity contribution in [1.29, 1.82) is 0 Å². The lowest BCUT2D eigenvalue weighted by atomic mass is 10.1. The first-order valence-electron chi connectivity index (χ1n) is 12.6. The number of benzene rings is 4. The van der Waals surface area contributed by atoms with Crippen LogP contribution in [-0.2, 0) is 0 Å². The van der Waals surface area contributed by atoms with Crippen molar-refractivity contribution >= 4 is 32.8 Å². The third-order valence-electron chi connectivity index (χ3n) is 7.16. The average molecular weight is 488 g/mol. The molecule has 178 valence electrons. The van der Waals surface area contributed by atoms with E-state index in [1.807, 2.05) is 45.4 Å². The SMILES string of the molecule is c1ccc(-c2cc3c4ccccc4nc(-c4ccc(-c5cc6ccc7ccccc7n6n5)cc4)n3n2)cc1. The summed E-state index contributed by atoms with van der Waals surface area (Å²) >= 11 is 0. The molecule has 8 rings (SSSR count). The summed E-state index contributed by atoms with van der Waals surface area (Å²) < 4.78 is 3.98. The van der Waals surface area contributed by atoms with Crippen molar-refractivity contribution in [2.75, 3.05) is 0 Å². The summed E-state index contributed by atoms with van der Waals surface area (Å²) in [5.41, 5.74) is 9.18.